The van der Waals surface area contributed by atoms with E-state index < -0.39 is 0 Å². The van der Waals surface area contributed by atoms with Crippen molar-refractivity contribution in [1.82, 2.24) is 14.1 Å². The van der Waals surface area contributed by atoms with Gasteiger partial charge < -0.3 is 14.5 Å². The number of anilines is 6. The van der Waals surface area contributed by atoms with Crippen LogP contribution >= 0.6 is 0 Å². The van der Waals surface area contributed by atoms with Gasteiger partial charge >= 0.3 is 0 Å². The number of hydrogen-bond donors (Lipinski definition) is 0. The van der Waals surface area contributed by atoms with Gasteiger partial charge in [-0.3, -0.25) is 13.7 Å². The molecule has 0 saturated heterocycles. The highest BCUT2D eigenvalue weighted by Crippen LogP contribution is 2.47. The van der Waals surface area contributed by atoms with Gasteiger partial charge in [-0.25, -0.2) is 4.98 Å². The molecule has 0 unspecified atom stereocenters. The molecule has 85 heavy (non-hydrogen) atoms. The Bertz CT molecular complexity index is 4430. The van der Waals surface area contributed by atoms with Crippen molar-refractivity contribution in [2.45, 2.75) is 98.3 Å². The molecule has 0 spiro atoms. The highest BCUT2D eigenvalue weighted by Gasteiger charge is 2.43. The molecule has 0 N–H and O–H groups in total. The van der Waals surface area contributed by atoms with Crippen molar-refractivity contribution in [1.29, 1.82) is 0 Å². The number of fused-ring (bicyclic) bond motifs is 7. The molecule has 418 valence electrons. The first-order chi connectivity index (χ1) is 40.8. The Labute approximate surface area is 501 Å². The summed E-state index contributed by atoms with van der Waals surface area (Å²) in [6.45, 7) is 25.0. The molecule has 12 aromatic rings. The van der Waals surface area contributed by atoms with Gasteiger partial charge in [0.25, 0.3) is 13.0 Å². The van der Waals surface area contributed by atoms with Crippen LogP contribution in [0.3, 0.4) is 0 Å². The summed E-state index contributed by atoms with van der Waals surface area (Å²) in [7, 11) is 0. The Balaban J connectivity index is 0.920. The lowest BCUT2D eigenvalue weighted by Crippen LogP contribution is -2.61. The number of ether oxygens (including phenoxy) is 1. The number of nitrogens with zero attached hydrogens (tertiary/aromatic N) is 6. The van der Waals surface area contributed by atoms with E-state index in [0.29, 0.717) is 0 Å². The minimum atomic E-state index is -0.0900. The van der Waals surface area contributed by atoms with Crippen LogP contribution in [0.25, 0.3) is 50.1 Å². The van der Waals surface area contributed by atoms with Crippen LogP contribution in [0.2, 0.25) is 0 Å². The van der Waals surface area contributed by atoms with Crippen LogP contribution in [0.1, 0.15) is 104 Å². The molecule has 9 aromatic carbocycles. The Morgan fingerprint density at radius 1 is 0.482 bits per heavy atom. The van der Waals surface area contributed by atoms with E-state index in [1.54, 1.807) is 0 Å². The van der Waals surface area contributed by atoms with Crippen molar-refractivity contribution in [3.8, 4) is 39.8 Å². The fraction of sp³-hybridized carbons (Fsp3) is 0.195. The first-order valence-corrected chi connectivity index (χ1v) is 30.0. The summed E-state index contributed by atoms with van der Waals surface area (Å²) >= 11 is 0. The third-order valence-electron chi connectivity index (χ3n) is 17.4. The van der Waals surface area contributed by atoms with Gasteiger partial charge in [0.15, 0.2) is 0 Å². The quantitative estimate of drug-likeness (QED) is 0.0821. The summed E-state index contributed by atoms with van der Waals surface area (Å²) in [5, 5.41) is 2.24. The van der Waals surface area contributed by atoms with Crippen molar-refractivity contribution in [2.75, 3.05) is 9.80 Å². The van der Waals surface area contributed by atoms with E-state index in [-0.39, 0.29) is 28.9 Å². The van der Waals surface area contributed by atoms with Crippen LogP contribution in [-0.4, -0.2) is 20.8 Å². The smallest absolute Gasteiger partial charge is 0.268 e. The molecule has 0 radical (unpaired) electrons. The summed E-state index contributed by atoms with van der Waals surface area (Å²) in [5.41, 5.74) is 22.1. The molecule has 0 saturated carbocycles. The van der Waals surface area contributed by atoms with E-state index in [0.717, 1.165) is 73.0 Å². The zero-order chi connectivity index (χ0) is 58.7. The molecule has 2 aliphatic heterocycles. The van der Waals surface area contributed by atoms with Gasteiger partial charge in [0.1, 0.15) is 17.3 Å². The topological polar surface area (TPSA) is 42.3 Å². The summed E-state index contributed by atoms with van der Waals surface area (Å²) < 4.78 is 13.6. The van der Waals surface area contributed by atoms with Crippen LogP contribution in [0.4, 0.5) is 34.1 Å². The fourth-order valence-corrected chi connectivity index (χ4v) is 12.8. The molecule has 5 heterocycles. The van der Waals surface area contributed by atoms with Gasteiger partial charge in [-0.05, 0) is 187 Å². The van der Waals surface area contributed by atoms with Gasteiger partial charge in [-0.2, -0.15) is 0 Å². The van der Waals surface area contributed by atoms with E-state index in [1.165, 1.54) is 61.4 Å². The van der Waals surface area contributed by atoms with Crippen molar-refractivity contribution >= 4 is 79.0 Å². The van der Waals surface area contributed by atoms with Crippen molar-refractivity contribution in [3.63, 3.8) is 0 Å². The van der Waals surface area contributed by atoms with Gasteiger partial charge in [0.05, 0.1) is 22.4 Å². The summed E-state index contributed by atoms with van der Waals surface area (Å²) in [4.78, 5) is 10.1. The zero-order valence-corrected chi connectivity index (χ0v) is 50.6. The monoisotopic (exact) mass is 1110 g/mol. The van der Waals surface area contributed by atoms with E-state index >= 15 is 0 Å². The normalized spacial score (nSPS) is 13.2. The highest BCUT2D eigenvalue weighted by atomic mass is 16.5. The average molecular weight is 1110 g/mol. The lowest BCUT2D eigenvalue weighted by atomic mass is 9.33. The van der Waals surface area contributed by atoms with Gasteiger partial charge in [0.2, 0.25) is 0 Å². The van der Waals surface area contributed by atoms with E-state index in [2.05, 4.69) is 325 Å². The Morgan fingerprint density at radius 2 is 1.08 bits per heavy atom. The number of imidazole rings is 1. The number of benzene rings is 9. The van der Waals surface area contributed by atoms with Crippen LogP contribution in [0.15, 0.2) is 225 Å². The molecule has 0 aliphatic carbocycles. The van der Waals surface area contributed by atoms with Crippen molar-refractivity contribution < 1.29 is 9.30 Å². The van der Waals surface area contributed by atoms with Gasteiger partial charge in [0, 0.05) is 69.6 Å². The molecule has 0 fully saturated rings. The molecule has 2 aliphatic rings. The predicted molar refractivity (Wildman–Crippen MR) is 354 cm³/mol. The second-order valence-electron chi connectivity index (χ2n) is 26.6. The molecule has 0 amide bonds. The zero-order valence-electron chi connectivity index (χ0n) is 50.6. The van der Waals surface area contributed by atoms with Crippen molar-refractivity contribution in [2.24, 2.45) is 0 Å². The fourth-order valence-electron chi connectivity index (χ4n) is 12.8. The standard InChI is InChI=1S/C77H71BN6O/c1-50(2)52-38-59(80-36-37-81(49-80)60-44-55(76(6,7)8)43-56(45-60)77(9,10)11)47-62(39-52)85-61-31-32-63-64-40-51(30-33-67(64)84(70(63)48-61)73-46-54(34-35-79-73)75(3,4)5)53-41-71-74-72(42-53)83(58-24-16-13-17-25-58)69-29-21-19-27-66(69)78(74)65-26-18-20-28-68(65)82(71)57-22-14-12-15-23-57/h12-48,50H,1-11H3. The first kappa shape index (κ1) is 53.6. The maximum Gasteiger partial charge on any atom is 0.268 e. The molecule has 3 aromatic heterocycles. The van der Waals surface area contributed by atoms with E-state index in [4.69, 9.17) is 9.72 Å². The maximum atomic E-state index is 7.05. The Morgan fingerprint density at radius 3 is 1.68 bits per heavy atom. The summed E-state index contributed by atoms with van der Waals surface area (Å²) in [6, 6.07) is 76.0. The summed E-state index contributed by atoms with van der Waals surface area (Å²) in [6.07, 6.45) is 9.82. The SMILES string of the molecule is CC(C)c1cc(Oc2ccc3c4cc(-c5cc6c7c(c5)N(c5ccccc5)c5ccccc5B7c5ccccc5N6c5ccccc5)ccc4n(-c4cc(C(C)(C)C)ccn4)c3c2)cc(-n2[c-][n+](-c3cc(C(C)(C)C)cc(C(C)(C)C)c3)cc2)c1. The molecule has 0 bridgehead atoms. The lowest BCUT2D eigenvalue weighted by molar-refractivity contribution is -0.599. The Hall–Kier alpha value is -9.40. The van der Waals surface area contributed by atoms with E-state index in [9.17, 15) is 0 Å². The second kappa shape index (κ2) is 20.2. The number of hydrogen-bond acceptors (Lipinski definition) is 4. The second-order valence-corrected chi connectivity index (χ2v) is 26.6. The minimum absolute atomic E-state index is 0.00724. The third-order valence-corrected chi connectivity index (χ3v) is 17.4. The Kier molecular flexibility index (Phi) is 12.7. The number of rotatable bonds is 9. The van der Waals surface area contributed by atoms with Gasteiger partial charge in [-0.15, -0.1) is 0 Å². The molecule has 0 atom stereocenters. The summed E-state index contributed by atoms with van der Waals surface area (Å²) in [5.74, 6) is 2.61. The lowest BCUT2D eigenvalue weighted by Gasteiger charge is -2.44. The molecular formula is C77H71BN6O. The number of pyridine rings is 1. The molecule has 7 nitrogen and oxygen atoms in total. The highest BCUT2D eigenvalue weighted by molar-refractivity contribution is 7.00. The van der Waals surface area contributed by atoms with Gasteiger partial charge in [-0.1, -0.05) is 161 Å². The number of aromatic nitrogens is 4. The van der Waals surface area contributed by atoms with Crippen molar-refractivity contribution in [3.05, 3.63) is 253 Å². The first-order valence-electron chi connectivity index (χ1n) is 30.0. The molecule has 14 rings (SSSR count). The van der Waals surface area contributed by atoms with E-state index in [1.807, 2.05) is 6.20 Å². The molecule has 8 heteroatoms. The predicted octanol–water partition coefficient (Wildman–Crippen LogP) is 17.6. The maximum absolute atomic E-state index is 7.05. The third kappa shape index (κ3) is 9.49. The van der Waals surface area contributed by atoms with Crippen LogP contribution in [0.5, 0.6) is 11.5 Å². The van der Waals surface area contributed by atoms with Crippen LogP contribution in [0, 0.1) is 6.33 Å². The minimum Gasteiger partial charge on any atom is -0.458 e. The van der Waals surface area contributed by atoms with Crippen LogP contribution < -0.4 is 35.5 Å². The molecular weight excluding hydrogens is 1040 g/mol. The average Bonchev–Trinajstić information content (AvgIpc) is 1.35. The van der Waals surface area contributed by atoms with Crippen LogP contribution in [-0.2, 0) is 16.2 Å². The number of para-hydroxylation sites is 4. The largest absolute Gasteiger partial charge is 0.458 e.